The predicted molar refractivity (Wildman–Crippen MR) is 60.0 cm³/mol. The Labute approximate surface area is 97.7 Å². The number of aromatic nitrogens is 2. The van der Waals surface area contributed by atoms with Crippen molar-refractivity contribution in [1.82, 2.24) is 9.97 Å². The summed E-state index contributed by atoms with van der Waals surface area (Å²) >= 11 is 0. The van der Waals surface area contributed by atoms with Crippen LogP contribution >= 0.6 is 0 Å². The predicted octanol–water partition coefficient (Wildman–Crippen LogP) is 2.75. The van der Waals surface area contributed by atoms with Crippen LogP contribution in [0, 0.1) is 0 Å². The van der Waals surface area contributed by atoms with E-state index in [1.165, 1.54) is 7.05 Å². The number of hydrogen-bond donors (Lipinski definition) is 2. The van der Waals surface area contributed by atoms with Gasteiger partial charge in [-0.1, -0.05) is 6.92 Å². The van der Waals surface area contributed by atoms with E-state index in [4.69, 9.17) is 0 Å². The molecule has 1 rings (SSSR count). The van der Waals surface area contributed by atoms with Crippen molar-refractivity contribution in [2.45, 2.75) is 32.5 Å². The minimum absolute atomic E-state index is 0.0153. The Balaban J connectivity index is 3.05. The maximum atomic E-state index is 12.6. The summed E-state index contributed by atoms with van der Waals surface area (Å²) in [6.45, 7) is 3.77. The van der Waals surface area contributed by atoms with Gasteiger partial charge in [-0.3, -0.25) is 0 Å². The first-order valence-corrected chi connectivity index (χ1v) is 5.27. The number of anilines is 2. The molecule has 1 aromatic rings. The van der Waals surface area contributed by atoms with Crippen LogP contribution in [0.2, 0.25) is 0 Å². The van der Waals surface area contributed by atoms with Gasteiger partial charge in [-0.05, 0) is 13.3 Å². The van der Waals surface area contributed by atoms with E-state index in [0.717, 1.165) is 12.5 Å². The lowest BCUT2D eigenvalue weighted by Crippen LogP contribution is -2.18. The third-order valence-electron chi connectivity index (χ3n) is 2.26. The van der Waals surface area contributed by atoms with Gasteiger partial charge in [-0.2, -0.15) is 18.2 Å². The third-order valence-corrected chi connectivity index (χ3v) is 2.26. The van der Waals surface area contributed by atoms with Gasteiger partial charge in [0, 0.05) is 19.2 Å². The summed E-state index contributed by atoms with van der Waals surface area (Å²) in [4.78, 5) is 7.37. The molecule has 4 nitrogen and oxygen atoms in total. The second kappa shape index (κ2) is 5.20. The zero-order valence-electron chi connectivity index (χ0n) is 9.89. The maximum absolute atomic E-state index is 12.6. The quantitative estimate of drug-likeness (QED) is 0.860. The molecule has 0 fully saturated rings. The van der Waals surface area contributed by atoms with Gasteiger partial charge in [0.2, 0.25) is 5.95 Å². The molecule has 0 aliphatic carbocycles. The number of alkyl halides is 3. The number of halogens is 3. The molecule has 0 saturated carbocycles. The van der Waals surface area contributed by atoms with Gasteiger partial charge < -0.3 is 10.6 Å². The summed E-state index contributed by atoms with van der Waals surface area (Å²) in [5.41, 5.74) is -0.956. The minimum Gasteiger partial charge on any atom is -0.373 e. The normalized spacial score (nSPS) is 13.3. The second-order valence-electron chi connectivity index (χ2n) is 3.66. The Morgan fingerprint density at radius 3 is 2.47 bits per heavy atom. The van der Waals surface area contributed by atoms with Crippen molar-refractivity contribution in [1.29, 1.82) is 0 Å². The first-order chi connectivity index (χ1) is 7.86. The first-order valence-electron chi connectivity index (χ1n) is 5.27. The van der Waals surface area contributed by atoms with E-state index in [-0.39, 0.29) is 17.8 Å². The number of hydrogen-bond acceptors (Lipinski definition) is 4. The molecule has 0 amide bonds. The molecule has 0 radical (unpaired) electrons. The number of rotatable bonds is 4. The van der Waals surface area contributed by atoms with Gasteiger partial charge in [0.25, 0.3) is 0 Å². The van der Waals surface area contributed by atoms with Crippen LogP contribution in [-0.2, 0) is 6.18 Å². The molecular weight excluding hydrogens is 233 g/mol. The van der Waals surface area contributed by atoms with Gasteiger partial charge >= 0.3 is 6.18 Å². The lowest BCUT2D eigenvalue weighted by Gasteiger charge is -2.14. The molecule has 0 aliphatic heterocycles. The summed E-state index contributed by atoms with van der Waals surface area (Å²) < 4.78 is 37.7. The van der Waals surface area contributed by atoms with Crippen molar-refractivity contribution < 1.29 is 13.2 Å². The number of nitrogens with zero attached hydrogens (tertiary/aromatic N) is 2. The molecule has 0 bridgehead atoms. The molecule has 1 heterocycles. The largest absolute Gasteiger partial charge is 0.433 e. The summed E-state index contributed by atoms with van der Waals surface area (Å²) in [6, 6.07) is 0.894. The fourth-order valence-corrected chi connectivity index (χ4v) is 1.11. The highest BCUT2D eigenvalue weighted by Crippen LogP contribution is 2.29. The fourth-order valence-electron chi connectivity index (χ4n) is 1.11. The van der Waals surface area contributed by atoms with Gasteiger partial charge in [0.15, 0.2) is 5.69 Å². The van der Waals surface area contributed by atoms with Gasteiger partial charge in [-0.15, -0.1) is 0 Å². The zero-order chi connectivity index (χ0) is 13.1. The molecule has 0 spiro atoms. The van der Waals surface area contributed by atoms with E-state index in [1.54, 1.807) is 0 Å². The minimum atomic E-state index is -4.47. The summed E-state index contributed by atoms with van der Waals surface area (Å²) in [7, 11) is 1.51. The maximum Gasteiger partial charge on any atom is 0.433 e. The van der Waals surface area contributed by atoms with E-state index in [2.05, 4.69) is 20.6 Å². The van der Waals surface area contributed by atoms with Gasteiger partial charge in [0.1, 0.15) is 5.82 Å². The highest BCUT2D eigenvalue weighted by Gasteiger charge is 2.33. The Hall–Kier alpha value is -1.53. The Bertz CT molecular complexity index is 378. The lowest BCUT2D eigenvalue weighted by atomic mass is 10.3. The average Bonchev–Trinajstić information content (AvgIpc) is 2.27. The van der Waals surface area contributed by atoms with E-state index in [9.17, 15) is 13.2 Å². The highest BCUT2D eigenvalue weighted by molar-refractivity contribution is 5.42. The van der Waals surface area contributed by atoms with Gasteiger partial charge in [-0.25, -0.2) is 4.98 Å². The van der Waals surface area contributed by atoms with Crippen LogP contribution in [0.1, 0.15) is 26.0 Å². The van der Waals surface area contributed by atoms with E-state index in [0.29, 0.717) is 0 Å². The molecule has 0 aromatic carbocycles. The van der Waals surface area contributed by atoms with Crippen molar-refractivity contribution in [3.05, 3.63) is 11.8 Å². The SMILES string of the molecule is CC[C@@H](C)Nc1nc(NC)cc(C(F)(F)F)n1. The fraction of sp³-hybridized carbons (Fsp3) is 0.600. The molecule has 1 atom stereocenters. The first kappa shape index (κ1) is 13.5. The van der Waals surface area contributed by atoms with Crippen LogP contribution in [0.5, 0.6) is 0 Å². The molecular formula is C10H15F3N4. The van der Waals surface area contributed by atoms with Crippen LogP contribution in [0.25, 0.3) is 0 Å². The number of nitrogens with one attached hydrogen (secondary N) is 2. The average molecular weight is 248 g/mol. The molecule has 0 unspecified atom stereocenters. The van der Waals surface area contributed by atoms with Crippen molar-refractivity contribution in [2.24, 2.45) is 0 Å². The Morgan fingerprint density at radius 1 is 1.35 bits per heavy atom. The van der Waals surface area contributed by atoms with Crippen LogP contribution in [0.4, 0.5) is 24.9 Å². The highest BCUT2D eigenvalue weighted by atomic mass is 19.4. The molecule has 96 valence electrons. The van der Waals surface area contributed by atoms with Crippen LogP contribution in [0.15, 0.2) is 6.07 Å². The summed E-state index contributed by atoms with van der Waals surface area (Å²) in [5, 5.41) is 5.40. The Morgan fingerprint density at radius 2 is 2.00 bits per heavy atom. The van der Waals surface area contributed by atoms with E-state index >= 15 is 0 Å². The summed E-state index contributed by atoms with van der Waals surface area (Å²) in [5.74, 6) is 0.122. The second-order valence-corrected chi connectivity index (χ2v) is 3.66. The molecule has 2 N–H and O–H groups in total. The topological polar surface area (TPSA) is 49.8 Å². The molecule has 17 heavy (non-hydrogen) atoms. The van der Waals surface area contributed by atoms with Crippen molar-refractivity contribution in [2.75, 3.05) is 17.7 Å². The summed E-state index contributed by atoms with van der Waals surface area (Å²) in [6.07, 6.45) is -3.70. The Kier molecular flexibility index (Phi) is 4.14. The van der Waals surface area contributed by atoms with Crippen molar-refractivity contribution in [3.63, 3.8) is 0 Å². The molecule has 0 aliphatic rings. The smallest absolute Gasteiger partial charge is 0.373 e. The molecule has 1 aromatic heterocycles. The van der Waals surface area contributed by atoms with Gasteiger partial charge in [0.05, 0.1) is 0 Å². The van der Waals surface area contributed by atoms with Crippen molar-refractivity contribution >= 4 is 11.8 Å². The van der Waals surface area contributed by atoms with Crippen LogP contribution in [0.3, 0.4) is 0 Å². The molecule has 7 heteroatoms. The third kappa shape index (κ3) is 3.76. The standard InChI is InChI=1S/C10H15F3N4/c1-4-6(2)15-9-16-7(10(11,12)13)5-8(14-3)17-9/h5-6H,4H2,1-3H3,(H2,14,15,16,17)/t6-/m1/s1. The van der Waals surface area contributed by atoms with E-state index < -0.39 is 11.9 Å². The monoisotopic (exact) mass is 248 g/mol. The van der Waals surface area contributed by atoms with Crippen molar-refractivity contribution in [3.8, 4) is 0 Å². The zero-order valence-corrected chi connectivity index (χ0v) is 9.89. The van der Waals surface area contributed by atoms with Crippen LogP contribution < -0.4 is 10.6 Å². The van der Waals surface area contributed by atoms with E-state index in [1.807, 2.05) is 13.8 Å². The van der Waals surface area contributed by atoms with Crippen LogP contribution in [-0.4, -0.2) is 23.1 Å². The lowest BCUT2D eigenvalue weighted by molar-refractivity contribution is -0.141. The molecule has 0 saturated heterocycles.